The summed E-state index contributed by atoms with van der Waals surface area (Å²) in [4.78, 5) is 15.6. The van der Waals surface area contributed by atoms with Crippen LogP contribution in [0.25, 0.3) is 10.9 Å². The minimum atomic E-state index is -0.877. The largest absolute Gasteiger partial charge is 0.486 e. The molecule has 1 aromatic heterocycles. The van der Waals surface area contributed by atoms with Crippen LogP contribution in [-0.2, 0) is 4.79 Å². The molecule has 0 aliphatic carbocycles. The predicted molar refractivity (Wildman–Crippen MR) is 73.5 cm³/mol. The summed E-state index contributed by atoms with van der Waals surface area (Å²) in [6.45, 7) is 4.57. The first kappa shape index (κ1) is 12.7. The standard InChI is InChI=1S/C15H15NO4/c1-8-5-10-6-12-13(20-4-3-19-12)7-11(10)16-14(8)9(2)15(17)18/h5-7,9H,3-4H2,1-2H3,(H,17,18). The number of aromatic nitrogens is 1. The number of aliphatic carboxylic acids is 1. The molecule has 1 unspecified atom stereocenters. The molecule has 1 atom stereocenters. The third-order valence-electron chi connectivity index (χ3n) is 3.49. The highest BCUT2D eigenvalue weighted by molar-refractivity contribution is 5.85. The molecular weight excluding hydrogens is 258 g/mol. The number of hydrogen-bond acceptors (Lipinski definition) is 4. The zero-order valence-electron chi connectivity index (χ0n) is 11.3. The zero-order chi connectivity index (χ0) is 14.3. The van der Waals surface area contributed by atoms with Gasteiger partial charge in [-0.2, -0.15) is 0 Å². The number of ether oxygens (including phenoxy) is 2. The van der Waals surface area contributed by atoms with Crippen LogP contribution in [0.5, 0.6) is 11.5 Å². The van der Waals surface area contributed by atoms with Gasteiger partial charge < -0.3 is 14.6 Å². The van der Waals surface area contributed by atoms with E-state index in [2.05, 4.69) is 4.98 Å². The highest BCUT2D eigenvalue weighted by Gasteiger charge is 2.20. The zero-order valence-corrected chi connectivity index (χ0v) is 11.3. The number of carbonyl (C=O) groups is 1. The summed E-state index contributed by atoms with van der Waals surface area (Å²) in [6.07, 6.45) is 0. The molecule has 0 radical (unpaired) electrons. The number of aryl methyl sites for hydroxylation is 1. The lowest BCUT2D eigenvalue weighted by molar-refractivity contribution is -0.138. The molecule has 5 nitrogen and oxygen atoms in total. The molecule has 2 heterocycles. The van der Waals surface area contributed by atoms with Gasteiger partial charge in [-0.25, -0.2) is 0 Å². The normalized spacial score (nSPS) is 15.1. The molecular formula is C15H15NO4. The SMILES string of the molecule is Cc1cc2cc3c(cc2nc1C(C)C(=O)O)OCCO3. The first-order valence-corrected chi connectivity index (χ1v) is 6.50. The van der Waals surface area contributed by atoms with Gasteiger partial charge in [0.15, 0.2) is 11.5 Å². The van der Waals surface area contributed by atoms with Gasteiger partial charge in [-0.3, -0.25) is 9.78 Å². The Hall–Kier alpha value is -2.30. The minimum Gasteiger partial charge on any atom is -0.486 e. The first-order chi connectivity index (χ1) is 9.56. The second-order valence-corrected chi connectivity index (χ2v) is 4.94. The van der Waals surface area contributed by atoms with Crippen LogP contribution in [0.15, 0.2) is 18.2 Å². The molecule has 20 heavy (non-hydrogen) atoms. The molecule has 0 amide bonds. The average molecular weight is 273 g/mol. The smallest absolute Gasteiger partial charge is 0.312 e. The Morgan fingerprint density at radius 1 is 1.25 bits per heavy atom. The topological polar surface area (TPSA) is 68.7 Å². The van der Waals surface area contributed by atoms with Crippen molar-refractivity contribution in [2.75, 3.05) is 13.2 Å². The lowest BCUT2D eigenvalue weighted by Crippen LogP contribution is -2.15. The third-order valence-corrected chi connectivity index (χ3v) is 3.49. The summed E-state index contributed by atoms with van der Waals surface area (Å²) in [5.74, 6) is -0.136. The highest BCUT2D eigenvalue weighted by atomic mass is 16.6. The summed E-state index contributed by atoms with van der Waals surface area (Å²) >= 11 is 0. The van der Waals surface area contributed by atoms with Crippen molar-refractivity contribution < 1.29 is 19.4 Å². The van der Waals surface area contributed by atoms with E-state index < -0.39 is 11.9 Å². The van der Waals surface area contributed by atoms with Crippen molar-refractivity contribution in [1.29, 1.82) is 0 Å². The van der Waals surface area contributed by atoms with E-state index in [1.54, 1.807) is 13.0 Å². The number of carboxylic acid groups (broad SMARTS) is 1. The van der Waals surface area contributed by atoms with Crippen LogP contribution in [-0.4, -0.2) is 29.3 Å². The molecule has 5 heteroatoms. The van der Waals surface area contributed by atoms with E-state index in [-0.39, 0.29) is 0 Å². The third kappa shape index (κ3) is 2.05. The summed E-state index contributed by atoms with van der Waals surface area (Å²) in [5.41, 5.74) is 2.17. The molecule has 3 rings (SSSR count). The van der Waals surface area contributed by atoms with Crippen molar-refractivity contribution in [3.05, 3.63) is 29.5 Å². The molecule has 1 aliphatic rings. The molecule has 2 aromatic rings. The summed E-state index contributed by atoms with van der Waals surface area (Å²) in [6, 6.07) is 5.63. The van der Waals surface area contributed by atoms with Crippen molar-refractivity contribution >= 4 is 16.9 Å². The van der Waals surface area contributed by atoms with Gasteiger partial charge in [0.05, 0.1) is 17.1 Å². The van der Waals surface area contributed by atoms with Crippen LogP contribution >= 0.6 is 0 Å². The maximum absolute atomic E-state index is 11.1. The van der Waals surface area contributed by atoms with Gasteiger partial charge >= 0.3 is 5.97 Å². The number of pyridine rings is 1. The van der Waals surface area contributed by atoms with Crippen molar-refractivity contribution in [1.82, 2.24) is 4.98 Å². The van der Waals surface area contributed by atoms with Crippen LogP contribution in [0.4, 0.5) is 0 Å². The van der Waals surface area contributed by atoms with E-state index in [9.17, 15) is 4.79 Å². The van der Waals surface area contributed by atoms with Crippen LogP contribution in [0.1, 0.15) is 24.1 Å². The number of fused-ring (bicyclic) bond motifs is 2. The molecule has 0 saturated heterocycles. The maximum Gasteiger partial charge on any atom is 0.312 e. The monoisotopic (exact) mass is 273 g/mol. The Morgan fingerprint density at radius 3 is 2.55 bits per heavy atom. The highest BCUT2D eigenvalue weighted by Crippen LogP contribution is 2.35. The van der Waals surface area contributed by atoms with E-state index >= 15 is 0 Å². The Bertz CT molecular complexity index is 696. The van der Waals surface area contributed by atoms with Crippen LogP contribution in [0, 0.1) is 6.92 Å². The van der Waals surface area contributed by atoms with E-state index in [0.717, 1.165) is 16.5 Å². The molecule has 1 aliphatic heterocycles. The Morgan fingerprint density at radius 2 is 1.90 bits per heavy atom. The second kappa shape index (κ2) is 4.67. The summed E-state index contributed by atoms with van der Waals surface area (Å²) in [7, 11) is 0. The number of benzene rings is 1. The average Bonchev–Trinajstić information content (AvgIpc) is 2.43. The minimum absolute atomic E-state index is 0.517. The van der Waals surface area contributed by atoms with Crippen molar-refractivity contribution in [3.8, 4) is 11.5 Å². The first-order valence-electron chi connectivity index (χ1n) is 6.50. The van der Waals surface area contributed by atoms with Crippen molar-refractivity contribution in [3.63, 3.8) is 0 Å². The fourth-order valence-electron chi connectivity index (χ4n) is 2.39. The van der Waals surface area contributed by atoms with E-state index in [4.69, 9.17) is 14.6 Å². The van der Waals surface area contributed by atoms with E-state index in [0.29, 0.717) is 30.4 Å². The van der Waals surface area contributed by atoms with Gasteiger partial charge in [0.2, 0.25) is 0 Å². The van der Waals surface area contributed by atoms with Gasteiger partial charge in [0.1, 0.15) is 13.2 Å². The fourth-order valence-corrected chi connectivity index (χ4v) is 2.39. The summed E-state index contributed by atoms with van der Waals surface area (Å²) in [5, 5.41) is 10.1. The van der Waals surface area contributed by atoms with Gasteiger partial charge in [-0.05, 0) is 31.5 Å². The van der Waals surface area contributed by atoms with Gasteiger partial charge in [0, 0.05) is 11.5 Å². The van der Waals surface area contributed by atoms with E-state index in [1.165, 1.54) is 0 Å². The van der Waals surface area contributed by atoms with Crippen molar-refractivity contribution in [2.24, 2.45) is 0 Å². The lowest BCUT2D eigenvalue weighted by atomic mass is 10.0. The quantitative estimate of drug-likeness (QED) is 0.910. The number of hydrogen-bond donors (Lipinski definition) is 1. The lowest BCUT2D eigenvalue weighted by Gasteiger charge is -2.19. The number of carboxylic acids is 1. The Kier molecular flexibility index (Phi) is 2.97. The predicted octanol–water partition coefficient (Wildman–Crippen LogP) is 2.50. The molecule has 0 fully saturated rings. The maximum atomic E-state index is 11.1. The molecule has 0 saturated carbocycles. The molecule has 0 bridgehead atoms. The van der Waals surface area contributed by atoms with Crippen LogP contribution < -0.4 is 9.47 Å². The van der Waals surface area contributed by atoms with Crippen LogP contribution in [0.2, 0.25) is 0 Å². The molecule has 1 aromatic carbocycles. The van der Waals surface area contributed by atoms with Gasteiger partial charge in [-0.1, -0.05) is 0 Å². The van der Waals surface area contributed by atoms with E-state index in [1.807, 2.05) is 19.1 Å². The fraction of sp³-hybridized carbons (Fsp3) is 0.333. The molecule has 1 N–H and O–H groups in total. The Balaban J connectivity index is 2.17. The number of nitrogens with zero attached hydrogens (tertiary/aromatic N) is 1. The molecule has 104 valence electrons. The van der Waals surface area contributed by atoms with Gasteiger partial charge in [0.25, 0.3) is 0 Å². The van der Waals surface area contributed by atoms with Crippen LogP contribution in [0.3, 0.4) is 0 Å². The summed E-state index contributed by atoms with van der Waals surface area (Å²) < 4.78 is 11.1. The Labute approximate surface area is 116 Å². The number of rotatable bonds is 2. The second-order valence-electron chi connectivity index (χ2n) is 4.94. The van der Waals surface area contributed by atoms with Crippen molar-refractivity contribution in [2.45, 2.75) is 19.8 Å². The molecule has 0 spiro atoms. The van der Waals surface area contributed by atoms with Gasteiger partial charge in [-0.15, -0.1) is 0 Å².